The van der Waals surface area contributed by atoms with Crippen LogP contribution < -0.4 is 0 Å². The minimum Gasteiger partial charge on any atom is -0.508 e. The molecule has 0 radical (unpaired) electrons. The van der Waals surface area contributed by atoms with Crippen LogP contribution in [-0.4, -0.2) is 46.4 Å². The Labute approximate surface area is 150 Å². The largest absolute Gasteiger partial charge is 0.508 e. The number of rotatable bonds is 6. The summed E-state index contributed by atoms with van der Waals surface area (Å²) in [5.74, 6) is 0.636. The fourth-order valence-electron chi connectivity index (χ4n) is 3.45. The molecule has 1 aliphatic rings. The lowest BCUT2D eigenvalue weighted by atomic mass is 9.98. The number of hydrogen-bond acceptors (Lipinski definition) is 5. The highest BCUT2D eigenvalue weighted by Gasteiger charge is 2.42. The first-order chi connectivity index (χ1) is 12.7. The molecule has 1 amide bonds. The summed E-state index contributed by atoms with van der Waals surface area (Å²) in [4.78, 5) is 14.7. The van der Waals surface area contributed by atoms with Crippen molar-refractivity contribution in [3.8, 4) is 17.2 Å². The summed E-state index contributed by atoms with van der Waals surface area (Å²) in [5.41, 5.74) is 2.67. The smallest absolute Gasteiger partial charge is 0.275 e. The first-order valence-electron chi connectivity index (χ1n) is 8.41. The number of amides is 1. The molecule has 2 N–H and O–H groups in total. The molecular weight excluding hydrogens is 334 g/mol. The summed E-state index contributed by atoms with van der Waals surface area (Å²) in [6, 6.07) is 10.2. The summed E-state index contributed by atoms with van der Waals surface area (Å²) in [6.07, 6.45) is 2.29. The number of fused-ring (bicyclic) bond motifs is 1. The van der Waals surface area contributed by atoms with E-state index in [9.17, 15) is 9.90 Å². The van der Waals surface area contributed by atoms with Gasteiger partial charge >= 0.3 is 0 Å². The lowest BCUT2D eigenvalue weighted by Gasteiger charge is -2.26. The standard InChI is InChI=1S/C19H19N3O4/c1-25-9-4-8-22-18(12-5-2-6-13(23)11-12)15-16(14-7-3-10-26-14)20-21-17(15)19(22)24/h2-3,5-7,10-11,18,23H,4,8-9H2,1H3,(H,20,21). The van der Waals surface area contributed by atoms with Gasteiger partial charge in [0.2, 0.25) is 0 Å². The van der Waals surface area contributed by atoms with Gasteiger partial charge in [0.1, 0.15) is 11.4 Å². The maximum atomic E-state index is 13.0. The van der Waals surface area contributed by atoms with E-state index in [0.717, 1.165) is 11.1 Å². The van der Waals surface area contributed by atoms with Crippen LogP contribution in [0.4, 0.5) is 0 Å². The molecule has 134 valence electrons. The molecule has 1 atom stereocenters. The molecule has 3 heterocycles. The Morgan fingerprint density at radius 2 is 2.23 bits per heavy atom. The predicted molar refractivity (Wildman–Crippen MR) is 93.8 cm³/mol. The number of nitrogens with zero attached hydrogens (tertiary/aromatic N) is 2. The Kier molecular flexibility index (Phi) is 4.22. The summed E-state index contributed by atoms with van der Waals surface area (Å²) >= 11 is 0. The van der Waals surface area contributed by atoms with Crippen LogP contribution in [-0.2, 0) is 4.74 Å². The van der Waals surface area contributed by atoms with Gasteiger partial charge in [-0.05, 0) is 36.2 Å². The molecule has 3 aromatic rings. The number of hydrogen-bond donors (Lipinski definition) is 2. The molecule has 2 aromatic heterocycles. The van der Waals surface area contributed by atoms with Crippen LogP contribution in [0.5, 0.6) is 5.75 Å². The van der Waals surface area contributed by atoms with E-state index in [0.29, 0.717) is 36.7 Å². The number of benzene rings is 1. The van der Waals surface area contributed by atoms with E-state index >= 15 is 0 Å². The van der Waals surface area contributed by atoms with Crippen LogP contribution in [0, 0.1) is 0 Å². The number of phenols is 1. The topological polar surface area (TPSA) is 91.6 Å². The SMILES string of the molecule is COCCCN1C(=O)c2n[nH]c(-c3ccco3)c2C1c1cccc(O)c1. The molecule has 0 spiro atoms. The van der Waals surface area contributed by atoms with E-state index in [1.807, 2.05) is 12.1 Å². The van der Waals surface area contributed by atoms with Gasteiger partial charge in [-0.1, -0.05) is 12.1 Å². The average Bonchev–Trinajstić information content (AvgIpc) is 3.34. The van der Waals surface area contributed by atoms with Crippen molar-refractivity contribution in [3.05, 3.63) is 59.5 Å². The number of aromatic hydroxyl groups is 1. The highest BCUT2D eigenvalue weighted by molar-refractivity contribution is 5.99. The maximum absolute atomic E-state index is 13.0. The number of nitrogens with one attached hydrogen (secondary N) is 1. The second-order valence-electron chi connectivity index (χ2n) is 6.18. The van der Waals surface area contributed by atoms with Crippen molar-refractivity contribution >= 4 is 5.91 Å². The van der Waals surface area contributed by atoms with Crippen molar-refractivity contribution in [2.75, 3.05) is 20.3 Å². The van der Waals surface area contributed by atoms with Crippen LogP contribution in [0.1, 0.15) is 34.1 Å². The highest BCUT2D eigenvalue weighted by Crippen LogP contribution is 2.43. The van der Waals surface area contributed by atoms with Crippen LogP contribution in [0.25, 0.3) is 11.5 Å². The van der Waals surface area contributed by atoms with Crippen molar-refractivity contribution < 1.29 is 19.1 Å². The molecular formula is C19H19N3O4. The first kappa shape index (κ1) is 16.4. The van der Waals surface area contributed by atoms with Gasteiger partial charge in [0.05, 0.1) is 12.3 Å². The van der Waals surface area contributed by atoms with Gasteiger partial charge in [-0.15, -0.1) is 0 Å². The molecule has 1 unspecified atom stereocenters. The molecule has 7 heteroatoms. The first-order valence-corrected chi connectivity index (χ1v) is 8.41. The van der Waals surface area contributed by atoms with E-state index in [4.69, 9.17) is 9.15 Å². The van der Waals surface area contributed by atoms with Gasteiger partial charge in [-0.2, -0.15) is 5.10 Å². The average molecular weight is 353 g/mol. The maximum Gasteiger partial charge on any atom is 0.275 e. The fraction of sp³-hybridized carbons (Fsp3) is 0.263. The summed E-state index contributed by atoms with van der Waals surface area (Å²) in [7, 11) is 1.64. The predicted octanol–water partition coefficient (Wildman–Crippen LogP) is 2.96. The van der Waals surface area contributed by atoms with Gasteiger partial charge in [-0.3, -0.25) is 9.89 Å². The number of aromatic nitrogens is 2. The van der Waals surface area contributed by atoms with Gasteiger partial charge in [0, 0.05) is 25.8 Å². The molecule has 0 saturated carbocycles. The third-order valence-corrected chi connectivity index (χ3v) is 4.55. The van der Waals surface area contributed by atoms with Crippen molar-refractivity contribution in [1.82, 2.24) is 15.1 Å². The van der Waals surface area contributed by atoms with Crippen LogP contribution in [0.2, 0.25) is 0 Å². The summed E-state index contributed by atoms with van der Waals surface area (Å²) < 4.78 is 10.6. The zero-order valence-electron chi connectivity index (χ0n) is 14.3. The van der Waals surface area contributed by atoms with Crippen LogP contribution >= 0.6 is 0 Å². The van der Waals surface area contributed by atoms with E-state index in [-0.39, 0.29) is 17.7 Å². The zero-order valence-corrected chi connectivity index (χ0v) is 14.3. The quantitative estimate of drug-likeness (QED) is 0.665. The molecule has 0 bridgehead atoms. The number of methoxy groups -OCH3 is 1. The Hall–Kier alpha value is -3.06. The van der Waals surface area contributed by atoms with E-state index in [1.54, 1.807) is 42.5 Å². The number of aromatic amines is 1. The van der Waals surface area contributed by atoms with Crippen LogP contribution in [0.15, 0.2) is 47.1 Å². The minimum atomic E-state index is -0.347. The number of ether oxygens (including phenoxy) is 1. The third-order valence-electron chi connectivity index (χ3n) is 4.55. The molecule has 4 rings (SSSR count). The molecule has 1 aromatic carbocycles. The third kappa shape index (κ3) is 2.66. The molecule has 26 heavy (non-hydrogen) atoms. The van der Waals surface area contributed by atoms with Crippen molar-refractivity contribution in [2.24, 2.45) is 0 Å². The Bertz CT molecular complexity index is 917. The lowest BCUT2D eigenvalue weighted by Crippen LogP contribution is -2.31. The monoisotopic (exact) mass is 353 g/mol. The number of H-pyrrole nitrogens is 1. The van der Waals surface area contributed by atoms with E-state index in [2.05, 4.69) is 10.2 Å². The Balaban J connectivity index is 1.81. The van der Waals surface area contributed by atoms with Gasteiger partial charge < -0.3 is 19.2 Å². The molecule has 7 nitrogen and oxygen atoms in total. The molecule has 0 aliphatic carbocycles. The molecule has 1 aliphatic heterocycles. The number of furan rings is 1. The van der Waals surface area contributed by atoms with E-state index < -0.39 is 0 Å². The van der Waals surface area contributed by atoms with Crippen molar-refractivity contribution in [3.63, 3.8) is 0 Å². The van der Waals surface area contributed by atoms with E-state index in [1.165, 1.54) is 0 Å². The number of phenolic OH excluding ortho intramolecular Hbond substituents is 1. The normalized spacial score (nSPS) is 16.3. The number of carbonyl (C=O) groups is 1. The Morgan fingerprint density at radius 1 is 1.35 bits per heavy atom. The number of carbonyl (C=O) groups excluding carboxylic acids is 1. The lowest BCUT2D eigenvalue weighted by molar-refractivity contribution is 0.0723. The summed E-state index contributed by atoms with van der Waals surface area (Å²) in [5, 5.41) is 17.1. The highest BCUT2D eigenvalue weighted by atomic mass is 16.5. The second kappa shape index (κ2) is 6.68. The fourth-order valence-corrected chi connectivity index (χ4v) is 3.45. The minimum absolute atomic E-state index is 0.140. The Morgan fingerprint density at radius 3 is 2.96 bits per heavy atom. The zero-order chi connectivity index (χ0) is 18.1. The molecule has 0 fully saturated rings. The van der Waals surface area contributed by atoms with Gasteiger partial charge in [0.25, 0.3) is 5.91 Å². The van der Waals surface area contributed by atoms with Crippen molar-refractivity contribution in [1.29, 1.82) is 0 Å². The second-order valence-corrected chi connectivity index (χ2v) is 6.18. The van der Waals surface area contributed by atoms with Crippen molar-refractivity contribution in [2.45, 2.75) is 12.5 Å². The van der Waals surface area contributed by atoms with Crippen LogP contribution in [0.3, 0.4) is 0 Å². The van der Waals surface area contributed by atoms with Gasteiger partial charge in [-0.25, -0.2) is 0 Å². The summed E-state index contributed by atoms with van der Waals surface area (Å²) in [6.45, 7) is 1.09. The molecule has 0 saturated heterocycles. The van der Waals surface area contributed by atoms with Gasteiger partial charge in [0.15, 0.2) is 11.5 Å².